The van der Waals surface area contributed by atoms with Gasteiger partial charge in [-0.3, -0.25) is 10.1 Å². The molecule has 0 aromatic heterocycles. The van der Waals surface area contributed by atoms with Gasteiger partial charge in [-0.15, -0.1) is 0 Å². The fourth-order valence-electron chi connectivity index (χ4n) is 3.72. The molecule has 0 amide bonds. The van der Waals surface area contributed by atoms with Gasteiger partial charge in [0.05, 0.1) is 18.1 Å². The number of hydrogen-bond donors (Lipinski definition) is 2. The second-order valence-electron chi connectivity index (χ2n) is 7.28. The average Bonchev–Trinajstić information content (AvgIpc) is 2.90. The van der Waals surface area contributed by atoms with E-state index >= 15 is 0 Å². The lowest BCUT2D eigenvalue weighted by atomic mass is 9.84. The largest absolute Gasteiger partial charge is 0.497 e. The lowest BCUT2D eigenvalue weighted by molar-refractivity contribution is -0.387. The molecule has 4 aromatic rings. The molecule has 0 aliphatic rings. The van der Waals surface area contributed by atoms with E-state index in [0.29, 0.717) is 10.6 Å². The standard InChI is InChI=1S/C26H23N3O3S2/c1-32-23-17-18-25(24(19-23)29(30)31)33-27-28-34-26(20-11-5-2-6-12-20,21-13-7-3-8-14-21)22-15-9-4-10-16-22/h2-19,27-28H,1H3. The minimum atomic E-state index is -0.566. The van der Waals surface area contributed by atoms with E-state index in [1.807, 2.05) is 54.6 Å². The van der Waals surface area contributed by atoms with Crippen LogP contribution >= 0.6 is 23.9 Å². The Morgan fingerprint density at radius 1 is 0.765 bits per heavy atom. The predicted molar refractivity (Wildman–Crippen MR) is 139 cm³/mol. The Hall–Kier alpha value is -3.30. The highest BCUT2D eigenvalue weighted by molar-refractivity contribution is 8.01. The second-order valence-corrected chi connectivity index (χ2v) is 9.15. The van der Waals surface area contributed by atoms with Crippen molar-refractivity contribution in [3.63, 3.8) is 0 Å². The zero-order valence-electron chi connectivity index (χ0n) is 18.4. The van der Waals surface area contributed by atoms with Gasteiger partial charge < -0.3 is 4.74 Å². The summed E-state index contributed by atoms with van der Waals surface area (Å²) in [6, 6.07) is 35.6. The molecule has 172 valence electrons. The number of hydrazine groups is 1. The molecule has 0 saturated heterocycles. The quantitative estimate of drug-likeness (QED) is 0.0884. The van der Waals surface area contributed by atoms with Crippen molar-refractivity contribution in [2.75, 3.05) is 7.11 Å². The molecule has 6 nitrogen and oxygen atoms in total. The van der Waals surface area contributed by atoms with E-state index in [-0.39, 0.29) is 5.69 Å². The lowest BCUT2D eigenvalue weighted by Crippen LogP contribution is -2.32. The van der Waals surface area contributed by atoms with Crippen LogP contribution in [0.3, 0.4) is 0 Å². The summed E-state index contributed by atoms with van der Waals surface area (Å²) in [5, 5.41) is 11.5. The third kappa shape index (κ3) is 5.10. The minimum Gasteiger partial charge on any atom is -0.497 e. The van der Waals surface area contributed by atoms with Gasteiger partial charge in [-0.1, -0.05) is 91.0 Å². The average molecular weight is 490 g/mol. The van der Waals surface area contributed by atoms with Gasteiger partial charge in [0.25, 0.3) is 5.69 Å². The topological polar surface area (TPSA) is 76.4 Å². The summed E-state index contributed by atoms with van der Waals surface area (Å²) in [4.78, 5) is 17.9. The van der Waals surface area contributed by atoms with Gasteiger partial charge in [0.1, 0.15) is 15.4 Å². The summed E-state index contributed by atoms with van der Waals surface area (Å²) in [5.41, 5.74) is 3.29. The molecule has 0 heterocycles. The number of nitrogens with zero attached hydrogens (tertiary/aromatic N) is 1. The molecule has 0 aliphatic heterocycles. The number of ether oxygens (including phenoxy) is 1. The van der Waals surface area contributed by atoms with E-state index in [4.69, 9.17) is 4.74 Å². The van der Waals surface area contributed by atoms with Crippen LogP contribution in [-0.2, 0) is 4.75 Å². The number of nitrogens with one attached hydrogen (secondary N) is 2. The lowest BCUT2D eigenvalue weighted by Gasteiger charge is -2.35. The first-order chi connectivity index (χ1) is 16.6. The first kappa shape index (κ1) is 23.8. The zero-order valence-corrected chi connectivity index (χ0v) is 20.0. The van der Waals surface area contributed by atoms with Gasteiger partial charge in [0.2, 0.25) is 0 Å². The van der Waals surface area contributed by atoms with E-state index < -0.39 is 9.67 Å². The van der Waals surface area contributed by atoms with Crippen LogP contribution in [0.5, 0.6) is 5.75 Å². The summed E-state index contributed by atoms with van der Waals surface area (Å²) in [6.45, 7) is 0. The number of benzene rings is 4. The molecule has 34 heavy (non-hydrogen) atoms. The van der Waals surface area contributed by atoms with Crippen LogP contribution in [0.15, 0.2) is 114 Å². The van der Waals surface area contributed by atoms with E-state index in [1.165, 1.54) is 25.1 Å². The first-order valence-corrected chi connectivity index (χ1v) is 12.1. The number of hydrogen-bond acceptors (Lipinski definition) is 7. The van der Waals surface area contributed by atoms with Gasteiger partial charge in [0, 0.05) is 0 Å². The van der Waals surface area contributed by atoms with Crippen LogP contribution in [0.1, 0.15) is 16.7 Å². The van der Waals surface area contributed by atoms with Gasteiger partial charge in [-0.25, -0.2) is 0 Å². The number of rotatable bonds is 10. The van der Waals surface area contributed by atoms with E-state index in [0.717, 1.165) is 28.6 Å². The fraction of sp³-hybridized carbons (Fsp3) is 0.0769. The molecule has 2 N–H and O–H groups in total. The highest BCUT2D eigenvalue weighted by Crippen LogP contribution is 2.47. The van der Waals surface area contributed by atoms with E-state index in [9.17, 15) is 10.1 Å². The predicted octanol–water partition coefficient (Wildman–Crippen LogP) is 6.35. The summed E-state index contributed by atoms with van der Waals surface area (Å²) in [7, 11) is 1.48. The Morgan fingerprint density at radius 2 is 1.26 bits per heavy atom. The highest BCUT2D eigenvalue weighted by atomic mass is 32.2. The van der Waals surface area contributed by atoms with Crippen LogP contribution < -0.4 is 14.4 Å². The molecule has 0 spiro atoms. The Balaban J connectivity index is 1.65. The van der Waals surface area contributed by atoms with Crippen LogP contribution in [0.4, 0.5) is 5.69 Å². The van der Waals surface area contributed by atoms with Crippen LogP contribution in [-0.4, -0.2) is 12.0 Å². The Kier molecular flexibility index (Phi) is 7.87. The van der Waals surface area contributed by atoms with Gasteiger partial charge in [-0.05, 0) is 52.7 Å². The SMILES string of the molecule is COc1ccc(SNNSC(c2ccccc2)(c2ccccc2)c2ccccc2)c([N+](=O)[O-])c1. The molecule has 0 radical (unpaired) electrons. The molecule has 0 atom stereocenters. The van der Waals surface area contributed by atoms with Crippen molar-refractivity contribution in [2.45, 2.75) is 9.64 Å². The van der Waals surface area contributed by atoms with Gasteiger partial charge in [-0.2, -0.15) is 9.66 Å². The summed E-state index contributed by atoms with van der Waals surface area (Å²) in [5.74, 6) is 0.439. The molecule has 0 bridgehead atoms. The maximum Gasteiger partial charge on any atom is 0.287 e. The molecule has 4 aromatic carbocycles. The first-order valence-electron chi connectivity index (χ1n) is 10.5. The van der Waals surface area contributed by atoms with Crippen LogP contribution in [0.2, 0.25) is 0 Å². The molecule has 0 fully saturated rings. The molecular formula is C26H23N3O3S2. The van der Waals surface area contributed by atoms with E-state index in [1.54, 1.807) is 12.1 Å². The van der Waals surface area contributed by atoms with E-state index in [2.05, 4.69) is 46.1 Å². The molecule has 0 saturated carbocycles. The monoisotopic (exact) mass is 489 g/mol. The maximum absolute atomic E-state index is 11.5. The third-order valence-electron chi connectivity index (χ3n) is 5.31. The fourth-order valence-corrected chi connectivity index (χ4v) is 5.45. The number of methoxy groups -OCH3 is 1. The summed E-state index contributed by atoms with van der Waals surface area (Å²) < 4.78 is 4.56. The van der Waals surface area contributed by atoms with Gasteiger partial charge in [0.15, 0.2) is 0 Å². The van der Waals surface area contributed by atoms with Crippen molar-refractivity contribution < 1.29 is 9.66 Å². The molecule has 8 heteroatoms. The maximum atomic E-state index is 11.5. The molecular weight excluding hydrogens is 466 g/mol. The summed E-state index contributed by atoms with van der Waals surface area (Å²) in [6.07, 6.45) is 0. The molecule has 0 aliphatic carbocycles. The second kappa shape index (κ2) is 11.2. The normalized spacial score (nSPS) is 11.2. The summed E-state index contributed by atoms with van der Waals surface area (Å²) >= 11 is 2.63. The van der Waals surface area contributed by atoms with Crippen LogP contribution in [0.25, 0.3) is 0 Å². The Morgan fingerprint density at radius 3 is 1.71 bits per heavy atom. The number of nitro benzene ring substituents is 1. The van der Waals surface area contributed by atoms with Gasteiger partial charge >= 0.3 is 0 Å². The van der Waals surface area contributed by atoms with Crippen molar-refractivity contribution in [3.8, 4) is 5.75 Å². The van der Waals surface area contributed by atoms with Crippen molar-refractivity contribution in [3.05, 3.63) is 136 Å². The smallest absolute Gasteiger partial charge is 0.287 e. The Bertz CT molecular complexity index is 1130. The van der Waals surface area contributed by atoms with Crippen molar-refractivity contribution in [2.24, 2.45) is 0 Å². The minimum absolute atomic E-state index is 0.0240. The zero-order chi connectivity index (χ0) is 23.8. The third-order valence-corrected chi connectivity index (χ3v) is 7.43. The highest BCUT2D eigenvalue weighted by Gasteiger charge is 2.37. The Labute approximate surface area is 207 Å². The van der Waals surface area contributed by atoms with Crippen molar-refractivity contribution in [1.82, 2.24) is 9.66 Å². The molecule has 4 rings (SSSR count). The van der Waals surface area contributed by atoms with Crippen LogP contribution in [0, 0.1) is 10.1 Å². The van der Waals surface area contributed by atoms with Crippen molar-refractivity contribution >= 4 is 29.6 Å². The number of nitro groups is 1. The van der Waals surface area contributed by atoms with Crippen molar-refractivity contribution in [1.29, 1.82) is 0 Å². The molecule has 0 unspecified atom stereocenters.